The summed E-state index contributed by atoms with van der Waals surface area (Å²) >= 11 is 0. The minimum absolute atomic E-state index is 0. The van der Waals surface area contributed by atoms with Gasteiger partial charge in [0.15, 0.2) is 12.4 Å². The fourth-order valence-electron chi connectivity index (χ4n) is 2.67. The van der Waals surface area contributed by atoms with Crippen molar-refractivity contribution in [3.63, 3.8) is 0 Å². The van der Waals surface area contributed by atoms with Crippen molar-refractivity contribution in [3.05, 3.63) is 36.0 Å². The van der Waals surface area contributed by atoms with Crippen molar-refractivity contribution >= 4 is 24.0 Å². The maximum atomic E-state index is 12.2. The number of amides is 1. The predicted octanol–water partition coefficient (Wildman–Crippen LogP) is 2.59. The number of carbonyl (C=O) groups is 1. The van der Waals surface area contributed by atoms with Gasteiger partial charge in [-0.1, -0.05) is 18.0 Å². The lowest BCUT2D eigenvalue weighted by Gasteiger charge is -2.22. The van der Waals surface area contributed by atoms with Crippen molar-refractivity contribution in [2.24, 2.45) is 5.73 Å². The lowest BCUT2D eigenvalue weighted by Crippen LogP contribution is -2.48. The number of nitrogens with zero attached hydrogens (tertiary/aromatic N) is 2. The van der Waals surface area contributed by atoms with Gasteiger partial charge in [-0.05, 0) is 44.0 Å². The van der Waals surface area contributed by atoms with E-state index in [4.69, 9.17) is 15.0 Å². The molecule has 1 aromatic heterocycles. The first-order valence-corrected chi connectivity index (χ1v) is 7.68. The summed E-state index contributed by atoms with van der Waals surface area (Å²) in [7, 11) is 0. The lowest BCUT2D eigenvalue weighted by molar-refractivity contribution is -0.121. The van der Waals surface area contributed by atoms with Crippen LogP contribution >= 0.6 is 12.4 Å². The van der Waals surface area contributed by atoms with Gasteiger partial charge >= 0.3 is 0 Å². The fourth-order valence-corrected chi connectivity index (χ4v) is 2.67. The molecule has 0 spiro atoms. The molecule has 7 nitrogen and oxygen atoms in total. The van der Waals surface area contributed by atoms with E-state index in [9.17, 15) is 4.79 Å². The highest BCUT2D eigenvalue weighted by molar-refractivity contribution is 5.98. The summed E-state index contributed by atoms with van der Waals surface area (Å²) < 4.78 is 10.5. The van der Waals surface area contributed by atoms with Gasteiger partial charge in [-0.3, -0.25) is 4.79 Å². The Hall–Kier alpha value is -2.12. The summed E-state index contributed by atoms with van der Waals surface area (Å²) in [5.41, 5.74) is 6.10. The van der Waals surface area contributed by atoms with Crippen LogP contribution in [-0.4, -0.2) is 21.6 Å². The second-order valence-electron chi connectivity index (χ2n) is 5.87. The maximum absolute atomic E-state index is 12.2. The van der Waals surface area contributed by atoms with Crippen molar-refractivity contribution in [1.82, 2.24) is 10.1 Å². The van der Waals surface area contributed by atoms with Gasteiger partial charge in [-0.25, -0.2) is 0 Å². The third kappa shape index (κ3) is 4.24. The van der Waals surface area contributed by atoms with Gasteiger partial charge in [-0.15, -0.1) is 12.4 Å². The number of rotatable bonds is 5. The molecule has 0 atom stereocenters. The van der Waals surface area contributed by atoms with Crippen molar-refractivity contribution in [1.29, 1.82) is 0 Å². The third-order valence-corrected chi connectivity index (χ3v) is 3.99. The number of hydrogen-bond donors (Lipinski definition) is 2. The first kappa shape index (κ1) is 18.2. The lowest BCUT2D eigenvalue weighted by atomic mass is 9.98. The number of anilines is 1. The van der Waals surface area contributed by atoms with Crippen LogP contribution in [0.1, 0.15) is 37.4 Å². The Labute approximate surface area is 146 Å². The topological polar surface area (TPSA) is 103 Å². The number of ether oxygens (including phenoxy) is 1. The van der Waals surface area contributed by atoms with E-state index >= 15 is 0 Å². The monoisotopic (exact) mass is 352 g/mol. The van der Waals surface area contributed by atoms with E-state index in [2.05, 4.69) is 15.5 Å². The molecule has 0 bridgehead atoms. The molecule has 130 valence electrons. The summed E-state index contributed by atoms with van der Waals surface area (Å²) in [5, 5.41) is 6.56. The fraction of sp³-hybridized carbons (Fsp3) is 0.438. The van der Waals surface area contributed by atoms with Gasteiger partial charge in [0.1, 0.15) is 5.75 Å². The molecule has 3 N–H and O–H groups in total. The number of hydrogen-bond acceptors (Lipinski definition) is 6. The average molecular weight is 353 g/mol. The van der Waals surface area contributed by atoms with E-state index in [1.54, 1.807) is 31.2 Å². The highest BCUT2D eigenvalue weighted by atomic mass is 35.5. The molecule has 0 aliphatic heterocycles. The number of halogens is 1. The molecule has 3 rings (SSSR count). The number of nitrogens with one attached hydrogen (secondary N) is 1. The van der Waals surface area contributed by atoms with E-state index in [1.807, 2.05) is 0 Å². The molecule has 1 aliphatic carbocycles. The Bertz CT molecular complexity index is 681. The van der Waals surface area contributed by atoms with Crippen LogP contribution in [0.15, 0.2) is 28.8 Å². The highest BCUT2D eigenvalue weighted by Crippen LogP contribution is 2.28. The third-order valence-electron chi connectivity index (χ3n) is 3.99. The van der Waals surface area contributed by atoms with Gasteiger partial charge in [-0.2, -0.15) is 4.98 Å². The van der Waals surface area contributed by atoms with Crippen LogP contribution < -0.4 is 15.8 Å². The SMILES string of the molecule is Cc1noc(COc2ccc(NC(=O)C3(N)CCCC3)cc2)n1.Cl. The van der Waals surface area contributed by atoms with Crippen LogP contribution in [0.25, 0.3) is 0 Å². The zero-order valence-corrected chi connectivity index (χ0v) is 14.3. The van der Waals surface area contributed by atoms with E-state index in [1.165, 1.54) is 0 Å². The molecule has 8 heteroatoms. The number of aromatic nitrogens is 2. The van der Waals surface area contributed by atoms with Crippen LogP contribution in [0.3, 0.4) is 0 Å². The van der Waals surface area contributed by atoms with Crippen LogP contribution in [0.4, 0.5) is 5.69 Å². The van der Waals surface area contributed by atoms with Crippen molar-refractivity contribution < 1.29 is 14.1 Å². The Balaban J connectivity index is 0.00000208. The normalized spacial score (nSPS) is 15.6. The van der Waals surface area contributed by atoms with E-state index in [0.717, 1.165) is 25.7 Å². The van der Waals surface area contributed by atoms with E-state index < -0.39 is 5.54 Å². The van der Waals surface area contributed by atoms with Gasteiger partial charge in [0.2, 0.25) is 5.91 Å². The minimum Gasteiger partial charge on any atom is -0.484 e. The van der Waals surface area contributed by atoms with Crippen molar-refractivity contribution in [3.8, 4) is 5.75 Å². The summed E-state index contributed by atoms with van der Waals surface area (Å²) in [6, 6.07) is 7.11. The second kappa shape index (κ2) is 7.63. The summed E-state index contributed by atoms with van der Waals surface area (Å²) in [4.78, 5) is 16.3. The van der Waals surface area contributed by atoms with Gasteiger partial charge in [0.25, 0.3) is 5.89 Å². The second-order valence-corrected chi connectivity index (χ2v) is 5.87. The van der Waals surface area contributed by atoms with Crippen molar-refractivity contribution in [2.45, 2.75) is 44.8 Å². The number of benzene rings is 1. The quantitative estimate of drug-likeness (QED) is 0.857. The van der Waals surface area contributed by atoms with Crippen LogP contribution in [0.5, 0.6) is 5.75 Å². The average Bonchev–Trinajstić information content (AvgIpc) is 3.16. The molecule has 0 radical (unpaired) electrons. The number of nitrogens with two attached hydrogens (primary N) is 1. The largest absolute Gasteiger partial charge is 0.484 e. The zero-order valence-electron chi connectivity index (χ0n) is 13.4. The highest BCUT2D eigenvalue weighted by Gasteiger charge is 2.36. The molecule has 2 aromatic rings. The molecule has 1 aromatic carbocycles. The molecule has 1 aliphatic rings. The molecule has 1 heterocycles. The predicted molar refractivity (Wildman–Crippen MR) is 91.1 cm³/mol. The molecule has 0 unspecified atom stereocenters. The van der Waals surface area contributed by atoms with Gasteiger partial charge < -0.3 is 20.3 Å². The van der Waals surface area contributed by atoms with Crippen molar-refractivity contribution in [2.75, 3.05) is 5.32 Å². The standard InChI is InChI=1S/C16H20N4O3.ClH/c1-11-18-14(23-20-11)10-22-13-6-4-12(5-7-13)19-15(21)16(17)8-2-3-9-16;/h4-7H,2-3,8-10,17H2,1H3,(H,19,21);1H. The van der Waals surface area contributed by atoms with Crippen LogP contribution in [-0.2, 0) is 11.4 Å². The molecule has 0 saturated heterocycles. The Morgan fingerprint density at radius 1 is 1.33 bits per heavy atom. The summed E-state index contributed by atoms with van der Waals surface area (Å²) in [5.74, 6) is 1.53. The van der Waals surface area contributed by atoms with E-state index in [-0.39, 0.29) is 24.9 Å². The molecule has 1 fully saturated rings. The molecule has 1 saturated carbocycles. The van der Waals surface area contributed by atoms with Crippen LogP contribution in [0.2, 0.25) is 0 Å². The van der Waals surface area contributed by atoms with Gasteiger partial charge in [0, 0.05) is 5.69 Å². The maximum Gasteiger partial charge on any atom is 0.264 e. The van der Waals surface area contributed by atoms with Crippen LogP contribution in [0, 0.1) is 6.92 Å². The number of aryl methyl sites for hydroxylation is 1. The molecule has 24 heavy (non-hydrogen) atoms. The molecular formula is C16H21ClN4O3. The minimum atomic E-state index is -0.731. The van der Waals surface area contributed by atoms with Gasteiger partial charge in [0.05, 0.1) is 5.54 Å². The smallest absolute Gasteiger partial charge is 0.264 e. The summed E-state index contributed by atoms with van der Waals surface area (Å²) in [6.07, 6.45) is 3.49. The first-order chi connectivity index (χ1) is 11.0. The zero-order chi connectivity index (χ0) is 16.3. The van der Waals surface area contributed by atoms with E-state index in [0.29, 0.717) is 23.2 Å². The number of carbonyl (C=O) groups excluding carboxylic acids is 1. The molecule has 1 amide bonds. The summed E-state index contributed by atoms with van der Waals surface area (Å²) in [6.45, 7) is 1.96. The Morgan fingerprint density at radius 3 is 2.58 bits per heavy atom. The first-order valence-electron chi connectivity index (χ1n) is 7.68. The Kier molecular flexibility index (Phi) is 5.80. The molecular weight excluding hydrogens is 332 g/mol. The Morgan fingerprint density at radius 2 is 2.00 bits per heavy atom.